The molecule has 1 N–H and O–H groups in total. The van der Waals surface area contributed by atoms with Crippen LogP contribution in [-0.2, 0) is 10.3 Å². The van der Waals surface area contributed by atoms with Crippen LogP contribution < -0.4 is 10.1 Å². The second-order valence-corrected chi connectivity index (χ2v) is 10.7. The number of piperidine rings is 1. The summed E-state index contributed by atoms with van der Waals surface area (Å²) in [6, 6.07) is 15.8. The molecule has 3 aliphatic rings. The molecule has 3 amide bonds. The van der Waals surface area contributed by atoms with Gasteiger partial charge < -0.3 is 15.0 Å². The molecule has 0 aliphatic carbocycles. The largest absolute Gasteiger partial charge is 0.486 e. The Morgan fingerprint density at radius 2 is 1.76 bits per heavy atom. The van der Waals surface area contributed by atoms with Crippen molar-refractivity contribution in [3.8, 4) is 5.75 Å². The zero-order chi connectivity index (χ0) is 23.9. The molecule has 7 heteroatoms. The first-order valence-electron chi connectivity index (χ1n) is 12.2. The predicted octanol–water partition coefficient (Wildman–Crippen LogP) is 4.92. The van der Waals surface area contributed by atoms with Gasteiger partial charge >= 0.3 is 6.03 Å². The second-order valence-electron chi connectivity index (χ2n) is 10.3. The summed E-state index contributed by atoms with van der Waals surface area (Å²) in [6.45, 7) is 7.21. The smallest absolute Gasteiger partial charge is 0.325 e. The van der Waals surface area contributed by atoms with Crippen LogP contribution in [0.4, 0.5) is 4.79 Å². The minimum absolute atomic E-state index is 0.208. The molecular weight excluding hydrogens is 450 g/mol. The molecule has 2 aromatic carbocycles. The average Bonchev–Trinajstić information content (AvgIpc) is 3.04. The van der Waals surface area contributed by atoms with E-state index in [0.29, 0.717) is 35.2 Å². The Morgan fingerprint density at radius 3 is 2.50 bits per heavy atom. The molecule has 0 bridgehead atoms. The number of carbonyl (C=O) groups is 2. The lowest BCUT2D eigenvalue weighted by atomic mass is 9.77. The summed E-state index contributed by atoms with van der Waals surface area (Å²) in [5, 5.41) is 3.45. The molecule has 34 heavy (non-hydrogen) atoms. The third kappa shape index (κ3) is 4.18. The standard InChI is InChI=1S/C27H32ClN3O3/c1-26(2)18-27(21-10-6-11-22(28)23(21)34-26)24(32)31(25(33)29-27)15-7-14-30-16-12-20(13-17-30)19-8-4-3-5-9-19/h3-6,8-11,20H,7,12-18H2,1-2H3,(H,29,33). The van der Waals surface area contributed by atoms with Crippen molar-refractivity contribution < 1.29 is 14.3 Å². The number of para-hydroxylation sites is 1. The van der Waals surface area contributed by atoms with Crippen molar-refractivity contribution in [3.05, 3.63) is 64.7 Å². The number of halogens is 1. The number of rotatable bonds is 5. The van der Waals surface area contributed by atoms with Crippen LogP contribution in [0.15, 0.2) is 48.5 Å². The molecule has 2 aromatic rings. The molecule has 2 saturated heterocycles. The van der Waals surface area contributed by atoms with Crippen molar-refractivity contribution in [1.82, 2.24) is 15.1 Å². The van der Waals surface area contributed by atoms with Crippen LogP contribution in [0.1, 0.15) is 56.6 Å². The van der Waals surface area contributed by atoms with Crippen LogP contribution in [-0.4, -0.2) is 53.5 Å². The van der Waals surface area contributed by atoms with Crippen LogP contribution in [0.5, 0.6) is 5.75 Å². The number of amides is 3. The molecule has 6 nitrogen and oxygen atoms in total. The zero-order valence-corrected chi connectivity index (χ0v) is 20.6. The van der Waals surface area contributed by atoms with Gasteiger partial charge in [-0.3, -0.25) is 9.69 Å². The summed E-state index contributed by atoms with van der Waals surface area (Å²) in [4.78, 5) is 30.4. The number of hydrogen-bond donors (Lipinski definition) is 1. The van der Waals surface area contributed by atoms with Crippen LogP contribution >= 0.6 is 11.6 Å². The molecule has 5 rings (SSSR count). The number of imide groups is 1. The van der Waals surface area contributed by atoms with Gasteiger partial charge in [-0.05, 0) is 70.3 Å². The normalized spacial score (nSPS) is 24.7. The highest BCUT2D eigenvalue weighted by Gasteiger charge is 2.58. The monoisotopic (exact) mass is 481 g/mol. The maximum Gasteiger partial charge on any atom is 0.325 e. The van der Waals surface area contributed by atoms with E-state index in [4.69, 9.17) is 16.3 Å². The predicted molar refractivity (Wildman–Crippen MR) is 132 cm³/mol. The van der Waals surface area contributed by atoms with E-state index in [0.717, 1.165) is 38.9 Å². The number of hydrogen-bond acceptors (Lipinski definition) is 4. The maximum absolute atomic E-state index is 13.7. The number of nitrogens with one attached hydrogen (secondary N) is 1. The van der Waals surface area contributed by atoms with Crippen molar-refractivity contribution >= 4 is 23.5 Å². The summed E-state index contributed by atoms with van der Waals surface area (Å²) in [5.74, 6) is 0.893. The second kappa shape index (κ2) is 8.90. The van der Waals surface area contributed by atoms with Crippen LogP contribution in [0.3, 0.4) is 0 Å². The number of carbonyl (C=O) groups excluding carboxylic acids is 2. The molecule has 0 radical (unpaired) electrons. The highest BCUT2D eigenvalue weighted by atomic mass is 35.5. The number of urea groups is 1. The number of benzene rings is 2. The van der Waals surface area contributed by atoms with Gasteiger partial charge in [0.1, 0.15) is 11.4 Å². The average molecular weight is 482 g/mol. The molecule has 180 valence electrons. The number of ether oxygens (including phenoxy) is 1. The molecule has 1 atom stereocenters. The Labute approximate surface area is 206 Å². The zero-order valence-electron chi connectivity index (χ0n) is 19.9. The van der Waals surface area contributed by atoms with E-state index in [2.05, 4.69) is 40.5 Å². The Morgan fingerprint density at radius 1 is 1.03 bits per heavy atom. The van der Waals surface area contributed by atoms with Crippen molar-refractivity contribution in [2.75, 3.05) is 26.2 Å². The topological polar surface area (TPSA) is 61.9 Å². The lowest BCUT2D eigenvalue weighted by Gasteiger charge is -2.42. The summed E-state index contributed by atoms with van der Waals surface area (Å²) in [7, 11) is 0. The van der Waals surface area contributed by atoms with E-state index < -0.39 is 11.1 Å². The van der Waals surface area contributed by atoms with Crippen molar-refractivity contribution in [2.45, 2.75) is 56.6 Å². The fourth-order valence-electron chi connectivity index (χ4n) is 5.79. The van der Waals surface area contributed by atoms with Gasteiger partial charge in [0.2, 0.25) is 0 Å². The van der Waals surface area contributed by atoms with Crippen LogP contribution in [0.25, 0.3) is 0 Å². The van der Waals surface area contributed by atoms with E-state index >= 15 is 0 Å². The van der Waals surface area contributed by atoms with Gasteiger partial charge in [0.15, 0.2) is 5.54 Å². The molecule has 0 saturated carbocycles. The van der Waals surface area contributed by atoms with E-state index in [1.807, 2.05) is 19.9 Å². The third-order valence-electron chi connectivity index (χ3n) is 7.39. The molecular formula is C27H32ClN3O3. The van der Waals surface area contributed by atoms with Crippen molar-refractivity contribution in [2.24, 2.45) is 0 Å². The van der Waals surface area contributed by atoms with Gasteiger partial charge in [0, 0.05) is 18.5 Å². The Hall–Kier alpha value is -2.57. The first-order chi connectivity index (χ1) is 16.3. The number of fused-ring (bicyclic) bond motifs is 2. The maximum atomic E-state index is 13.7. The first-order valence-corrected chi connectivity index (χ1v) is 12.6. The Kier molecular flexibility index (Phi) is 6.07. The van der Waals surface area contributed by atoms with Gasteiger partial charge in [-0.15, -0.1) is 0 Å². The summed E-state index contributed by atoms with van der Waals surface area (Å²) in [5.41, 5.74) is 0.294. The highest BCUT2D eigenvalue weighted by Crippen LogP contribution is 2.49. The van der Waals surface area contributed by atoms with Crippen molar-refractivity contribution in [1.29, 1.82) is 0 Å². The lowest BCUT2D eigenvalue weighted by Crippen LogP contribution is -2.53. The minimum Gasteiger partial charge on any atom is -0.486 e. The van der Waals surface area contributed by atoms with Gasteiger partial charge in [-0.25, -0.2) is 4.79 Å². The van der Waals surface area contributed by atoms with Gasteiger partial charge in [-0.2, -0.15) is 0 Å². The Balaban J connectivity index is 1.22. The number of nitrogens with zero attached hydrogens (tertiary/aromatic N) is 2. The number of likely N-dealkylation sites (tertiary alicyclic amines) is 1. The SMILES string of the molecule is CC1(C)CC2(NC(=O)N(CCCN3CCC(c4ccccc4)CC3)C2=O)c2cccc(Cl)c2O1. The fraction of sp³-hybridized carbons (Fsp3) is 0.481. The third-order valence-corrected chi connectivity index (χ3v) is 7.68. The van der Waals surface area contributed by atoms with E-state index in [9.17, 15) is 9.59 Å². The first kappa shape index (κ1) is 23.2. The highest BCUT2D eigenvalue weighted by molar-refractivity contribution is 6.32. The molecule has 0 aromatic heterocycles. The van der Waals surface area contributed by atoms with E-state index in [1.165, 1.54) is 10.5 Å². The van der Waals surface area contributed by atoms with E-state index in [1.54, 1.807) is 12.1 Å². The quantitative estimate of drug-likeness (QED) is 0.616. The summed E-state index contributed by atoms with van der Waals surface area (Å²) >= 11 is 6.40. The molecule has 1 unspecified atom stereocenters. The molecule has 3 heterocycles. The van der Waals surface area contributed by atoms with E-state index in [-0.39, 0.29) is 11.9 Å². The molecule has 3 aliphatic heterocycles. The molecule has 2 fully saturated rings. The fourth-order valence-corrected chi connectivity index (χ4v) is 6.01. The van der Waals surface area contributed by atoms with Crippen molar-refractivity contribution in [3.63, 3.8) is 0 Å². The molecule has 1 spiro atoms. The Bertz CT molecular complexity index is 1080. The van der Waals surface area contributed by atoms with Gasteiger partial charge in [-0.1, -0.05) is 54.1 Å². The van der Waals surface area contributed by atoms with Crippen LogP contribution in [0, 0.1) is 0 Å². The van der Waals surface area contributed by atoms with Gasteiger partial charge in [0.25, 0.3) is 5.91 Å². The minimum atomic E-state index is -1.13. The van der Waals surface area contributed by atoms with Gasteiger partial charge in [0.05, 0.1) is 5.02 Å². The van der Waals surface area contributed by atoms with Crippen LogP contribution in [0.2, 0.25) is 5.02 Å². The lowest BCUT2D eigenvalue weighted by molar-refractivity contribution is -0.134. The summed E-state index contributed by atoms with van der Waals surface area (Å²) < 4.78 is 6.10. The summed E-state index contributed by atoms with van der Waals surface area (Å²) in [6.07, 6.45) is 3.40.